The molecular formula is C14H24ClNO4. The number of ether oxygens (including phenoxy) is 3. The molecule has 3 N–H and O–H groups in total. The van der Waals surface area contributed by atoms with Gasteiger partial charge in [-0.15, -0.1) is 12.4 Å². The average molecular weight is 306 g/mol. The van der Waals surface area contributed by atoms with E-state index in [1.165, 1.54) is 0 Å². The van der Waals surface area contributed by atoms with Crippen molar-refractivity contribution < 1.29 is 19.3 Å². The van der Waals surface area contributed by atoms with E-state index in [-0.39, 0.29) is 25.1 Å². The van der Waals surface area contributed by atoms with Crippen LogP contribution in [0.2, 0.25) is 0 Å². The first-order chi connectivity index (χ1) is 8.91. The van der Waals surface area contributed by atoms with Crippen molar-refractivity contribution in [1.82, 2.24) is 0 Å². The van der Waals surface area contributed by atoms with Crippen LogP contribution in [0.15, 0.2) is 12.1 Å². The molecule has 0 fully saturated rings. The van der Waals surface area contributed by atoms with Crippen LogP contribution >= 0.6 is 12.4 Å². The summed E-state index contributed by atoms with van der Waals surface area (Å²) in [5.41, 5.74) is 6.60. The maximum absolute atomic E-state index is 9.41. The zero-order valence-electron chi connectivity index (χ0n) is 12.6. The first-order valence-corrected chi connectivity index (χ1v) is 6.07. The van der Waals surface area contributed by atoms with Gasteiger partial charge in [-0.1, -0.05) is 13.8 Å². The van der Waals surface area contributed by atoms with Gasteiger partial charge in [0.1, 0.15) is 0 Å². The Morgan fingerprint density at radius 3 is 1.85 bits per heavy atom. The van der Waals surface area contributed by atoms with E-state index in [1.54, 1.807) is 21.3 Å². The third-order valence-electron chi connectivity index (χ3n) is 3.30. The second-order valence-corrected chi connectivity index (χ2v) is 5.08. The van der Waals surface area contributed by atoms with E-state index < -0.39 is 5.41 Å². The molecule has 1 aromatic carbocycles. The van der Waals surface area contributed by atoms with Crippen LogP contribution in [0.3, 0.4) is 0 Å². The highest BCUT2D eigenvalue weighted by atomic mass is 35.5. The van der Waals surface area contributed by atoms with Gasteiger partial charge in [-0.2, -0.15) is 0 Å². The highest BCUT2D eigenvalue weighted by Crippen LogP contribution is 2.42. The van der Waals surface area contributed by atoms with Crippen molar-refractivity contribution in [3.63, 3.8) is 0 Å². The number of hydrogen-bond acceptors (Lipinski definition) is 5. The Labute approximate surface area is 126 Å². The van der Waals surface area contributed by atoms with Gasteiger partial charge in [0.15, 0.2) is 11.5 Å². The minimum absolute atomic E-state index is 0. The summed E-state index contributed by atoms with van der Waals surface area (Å²) in [6.07, 6.45) is 0. The Kier molecular flexibility index (Phi) is 7.13. The zero-order valence-corrected chi connectivity index (χ0v) is 13.4. The summed E-state index contributed by atoms with van der Waals surface area (Å²) < 4.78 is 15.9. The van der Waals surface area contributed by atoms with Crippen LogP contribution < -0.4 is 19.9 Å². The Morgan fingerprint density at radius 1 is 1.10 bits per heavy atom. The first-order valence-electron chi connectivity index (χ1n) is 6.07. The normalized spacial score (nSPS) is 12.3. The Hall–Kier alpha value is -1.17. The number of halogens is 1. The zero-order chi connectivity index (χ0) is 14.6. The molecule has 1 rings (SSSR count). The molecule has 0 saturated carbocycles. The van der Waals surface area contributed by atoms with E-state index in [9.17, 15) is 5.11 Å². The molecule has 0 bridgehead atoms. The van der Waals surface area contributed by atoms with E-state index in [0.29, 0.717) is 17.2 Å². The predicted octanol–water partition coefficient (Wildman–Crippen LogP) is 2.15. The lowest BCUT2D eigenvalue weighted by Crippen LogP contribution is -2.32. The van der Waals surface area contributed by atoms with Crippen LogP contribution in [0.4, 0.5) is 0 Å². The molecule has 6 heteroatoms. The van der Waals surface area contributed by atoms with E-state index in [4.69, 9.17) is 19.9 Å². The smallest absolute Gasteiger partial charge is 0.203 e. The van der Waals surface area contributed by atoms with Gasteiger partial charge >= 0.3 is 0 Å². The third kappa shape index (κ3) is 3.69. The predicted molar refractivity (Wildman–Crippen MR) is 81.1 cm³/mol. The molecule has 1 aromatic rings. The molecule has 0 heterocycles. The summed E-state index contributed by atoms with van der Waals surface area (Å²) in [4.78, 5) is 0. The van der Waals surface area contributed by atoms with Gasteiger partial charge in [0, 0.05) is 18.1 Å². The maximum atomic E-state index is 9.41. The van der Waals surface area contributed by atoms with Gasteiger partial charge in [0.25, 0.3) is 0 Å². The Morgan fingerprint density at radius 2 is 1.55 bits per heavy atom. The standard InChI is InChI=1S/C14H23NO4.ClH/c1-14(2,8-16)13(15)9-6-10(17-3)12(19-5)11(7-9)18-4;/h6-7,13,16H,8,15H2,1-5H3;1H/t13-;/m0./s1. The molecule has 20 heavy (non-hydrogen) atoms. The first kappa shape index (κ1) is 18.8. The summed E-state index contributed by atoms with van der Waals surface area (Å²) in [7, 11) is 4.67. The number of benzene rings is 1. The second-order valence-electron chi connectivity index (χ2n) is 5.08. The summed E-state index contributed by atoms with van der Waals surface area (Å²) in [5, 5.41) is 9.41. The molecule has 0 amide bonds. The lowest BCUT2D eigenvalue weighted by molar-refractivity contribution is 0.132. The molecule has 0 aromatic heterocycles. The van der Waals surface area contributed by atoms with Crippen molar-refractivity contribution in [1.29, 1.82) is 0 Å². The molecular weight excluding hydrogens is 282 g/mol. The Balaban J connectivity index is 0.00000361. The van der Waals surface area contributed by atoms with Crippen LogP contribution in [0.1, 0.15) is 25.5 Å². The second kappa shape index (κ2) is 7.57. The summed E-state index contributed by atoms with van der Waals surface area (Å²) in [5.74, 6) is 1.64. The quantitative estimate of drug-likeness (QED) is 0.842. The number of rotatable bonds is 6. The van der Waals surface area contributed by atoms with Crippen molar-refractivity contribution in [2.45, 2.75) is 19.9 Å². The van der Waals surface area contributed by atoms with Gasteiger partial charge in [0.05, 0.1) is 21.3 Å². The van der Waals surface area contributed by atoms with Crippen LogP contribution in [0, 0.1) is 5.41 Å². The summed E-state index contributed by atoms with van der Waals surface area (Å²) >= 11 is 0. The van der Waals surface area contributed by atoms with Crippen molar-refractivity contribution in [3.8, 4) is 17.2 Å². The topological polar surface area (TPSA) is 73.9 Å². The van der Waals surface area contributed by atoms with Crippen molar-refractivity contribution in [3.05, 3.63) is 17.7 Å². The van der Waals surface area contributed by atoms with Crippen molar-refractivity contribution in [2.24, 2.45) is 11.1 Å². The van der Waals surface area contributed by atoms with Crippen LogP contribution in [0.25, 0.3) is 0 Å². The number of methoxy groups -OCH3 is 3. The van der Waals surface area contributed by atoms with E-state index >= 15 is 0 Å². The maximum Gasteiger partial charge on any atom is 0.203 e. The average Bonchev–Trinajstić information content (AvgIpc) is 2.44. The van der Waals surface area contributed by atoms with Gasteiger partial charge in [-0.3, -0.25) is 0 Å². The number of hydrogen-bond donors (Lipinski definition) is 2. The van der Waals surface area contributed by atoms with Crippen molar-refractivity contribution in [2.75, 3.05) is 27.9 Å². The van der Waals surface area contributed by atoms with Crippen LogP contribution in [0.5, 0.6) is 17.2 Å². The fraction of sp³-hybridized carbons (Fsp3) is 0.571. The summed E-state index contributed by atoms with van der Waals surface area (Å²) in [6.45, 7) is 3.80. The Bertz CT molecular complexity index is 412. The molecule has 0 unspecified atom stereocenters. The fourth-order valence-electron chi connectivity index (χ4n) is 1.83. The summed E-state index contributed by atoms with van der Waals surface area (Å²) in [6, 6.07) is 3.28. The van der Waals surface area contributed by atoms with Crippen molar-refractivity contribution >= 4 is 12.4 Å². The minimum Gasteiger partial charge on any atom is -0.493 e. The van der Waals surface area contributed by atoms with Gasteiger partial charge < -0.3 is 25.1 Å². The monoisotopic (exact) mass is 305 g/mol. The largest absolute Gasteiger partial charge is 0.493 e. The van der Waals surface area contributed by atoms with E-state index in [1.807, 2.05) is 26.0 Å². The highest BCUT2D eigenvalue weighted by Gasteiger charge is 2.28. The highest BCUT2D eigenvalue weighted by molar-refractivity contribution is 5.85. The number of aliphatic hydroxyl groups excluding tert-OH is 1. The van der Waals surface area contributed by atoms with Gasteiger partial charge in [-0.25, -0.2) is 0 Å². The molecule has 0 aliphatic carbocycles. The molecule has 116 valence electrons. The van der Waals surface area contributed by atoms with E-state index in [0.717, 1.165) is 5.56 Å². The lowest BCUT2D eigenvalue weighted by atomic mass is 9.81. The lowest BCUT2D eigenvalue weighted by Gasteiger charge is -2.30. The minimum atomic E-state index is -0.440. The third-order valence-corrected chi connectivity index (χ3v) is 3.30. The van der Waals surface area contributed by atoms with Crippen LogP contribution in [-0.2, 0) is 0 Å². The SMILES string of the molecule is COc1cc([C@H](N)C(C)(C)CO)cc(OC)c1OC.Cl. The molecule has 0 spiro atoms. The fourth-order valence-corrected chi connectivity index (χ4v) is 1.83. The number of aliphatic hydroxyl groups is 1. The molecule has 5 nitrogen and oxygen atoms in total. The molecule has 1 atom stereocenters. The van der Waals surface area contributed by atoms with Crippen LogP contribution in [-0.4, -0.2) is 33.0 Å². The molecule has 0 aliphatic heterocycles. The molecule has 0 aliphatic rings. The number of nitrogens with two attached hydrogens (primary N) is 1. The van der Waals surface area contributed by atoms with Gasteiger partial charge in [0.2, 0.25) is 5.75 Å². The molecule has 0 radical (unpaired) electrons. The van der Waals surface area contributed by atoms with Gasteiger partial charge in [-0.05, 0) is 17.7 Å². The molecule has 0 saturated heterocycles. The van der Waals surface area contributed by atoms with E-state index in [2.05, 4.69) is 0 Å².